The summed E-state index contributed by atoms with van der Waals surface area (Å²) in [4.78, 5) is 26.6. The Morgan fingerprint density at radius 3 is 2.64 bits per heavy atom. The van der Waals surface area contributed by atoms with Crippen molar-refractivity contribution in [1.82, 2.24) is 20.4 Å². The molecule has 0 radical (unpaired) electrons. The number of nitrogens with zero attached hydrogens (tertiary/aromatic N) is 2. The number of benzene rings is 1. The zero-order valence-electron chi connectivity index (χ0n) is 14.9. The summed E-state index contributed by atoms with van der Waals surface area (Å²) in [5, 5.41) is 9.85. The van der Waals surface area contributed by atoms with Crippen LogP contribution in [0.5, 0.6) is 0 Å². The van der Waals surface area contributed by atoms with Crippen LogP contribution in [0.25, 0.3) is 0 Å². The number of hydrogen-bond donors (Lipinski definition) is 2. The largest absolute Gasteiger partial charge is 0.344 e. The number of amides is 2. The average Bonchev–Trinajstić information content (AvgIpc) is 3.08. The van der Waals surface area contributed by atoms with Crippen molar-refractivity contribution in [2.24, 2.45) is 0 Å². The summed E-state index contributed by atoms with van der Waals surface area (Å²) in [5.41, 5.74) is 4.93. The van der Waals surface area contributed by atoms with Crippen molar-refractivity contribution in [1.29, 1.82) is 0 Å². The van der Waals surface area contributed by atoms with Gasteiger partial charge in [0.05, 0.1) is 12.1 Å². The molecule has 1 atom stereocenters. The van der Waals surface area contributed by atoms with Gasteiger partial charge in [-0.3, -0.25) is 14.7 Å². The van der Waals surface area contributed by atoms with E-state index in [9.17, 15) is 9.59 Å². The Morgan fingerprint density at radius 2 is 2.00 bits per heavy atom. The summed E-state index contributed by atoms with van der Waals surface area (Å²) in [6, 6.07) is 7.75. The van der Waals surface area contributed by atoms with Crippen molar-refractivity contribution < 1.29 is 9.59 Å². The molecule has 0 bridgehead atoms. The zero-order valence-corrected chi connectivity index (χ0v) is 14.9. The van der Waals surface area contributed by atoms with Crippen molar-refractivity contribution in [3.8, 4) is 0 Å². The number of carbonyl (C=O) groups excluding carboxylic acids is 2. The molecular weight excluding hydrogens is 316 g/mol. The molecule has 6 heteroatoms. The summed E-state index contributed by atoms with van der Waals surface area (Å²) < 4.78 is 0. The Bertz CT molecular complexity index is 760. The Labute approximate surface area is 147 Å². The first-order valence-corrected chi connectivity index (χ1v) is 8.58. The van der Waals surface area contributed by atoms with Crippen LogP contribution in [0.3, 0.4) is 0 Å². The van der Waals surface area contributed by atoms with Crippen molar-refractivity contribution >= 4 is 11.8 Å². The lowest BCUT2D eigenvalue weighted by molar-refractivity contribution is -0.132. The number of aryl methyl sites for hydroxylation is 3. The molecule has 25 heavy (non-hydrogen) atoms. The Balaban J connectivity index is 1.56. The quantitative estimate of drug-likeness (QED) is 0.871. The van der Waals surface area contributed by atoms with Gasteiger partial charge in [0.25, 0.3) is 0 Å². The molecule has 1 fully saturated rings. The Hall–Kier alpha value is -2.63. The molecule has 0 aliphatic carbocycles. The highest BCUT2D eigenvalue weighted by Crippen LogP contribution is 2.16. The van der Waals surface area contributed by atoms with Crippen LogP contribution in [0.2, 0.25) is 0 Å². The number of rotatable bonds is 5. The van der Waals surface area contributed by atoms with Gasteiger partial charge in [-0.1, -0.05) is 29.8 Å². The second kappa shape index (κ2) is 7.09. The average molecular weight is 340 g/mol. The monoisotopic (exact) mass is 340 g/mol. The Kier molecular flexibility index (Phi) is 4.88. The third-order valence-corrected chi connectivity index (χ3v) is 4.74. The lowest BCUT2D eigenvalue weighted by atomic mass is 10.1. The molecule has 1 aromatic carbocycles. The maximum absolute atomic E-state index is 12.5. The van der Waals surface area contributed by atoms with Gasteiger partial charge >= 0.3 is 0 Å². The van der Waals surface area contributed by atoms with E-state index in [0.29, 0.717) is 19.5 Å². The summed E-state index contributed by atoms with van der Waals surface area (Å²) in [6.45, 7) is 7.06. The van der Waals surface area contributed by atoms with Crippen LogP contribution in [0.15, 0.2) is 24.3 Å². The summed E-state index contributed by atoms with van der Waals surface area (Å²) in [7, 11) is 0. The molecular formula is C19H24N4O2. The smallest absolute Gasteiger partial charge is 0.245 e. The SMILES string of the molecule is Cc1ccc(CN2CCC(NC(=O)Cc3c(C)n[nH]c3C)C2=O)cc1. The topological polar surface area (TPSA) is 78.1 Å². The molecule has 6 nitrogen and oxygen atoms in total. The van der Waals surface area contributed by atoms with Gasteiger partial charge in [-0.15, -0.1) is 0 Å². The van der Waals surface area contributed by atoms with E-state index in [1.165, 1.54) is 5.56 Å². The van der Waals surface area contributed by atoms with Crippen molar-refractivity contribution in [3.05, 3.63) is 52.3 Å². The highest BCUT2D eigenvalue weighted by molar-refractivity contribution is 5.89. The molecule has 1 aromatic heterocycles. The summed E-state index contributed by atoms with van der Waals surface area (Å²) >= 11 is 0. The highest BCUT2D eigenvalue weighted by atomic mass is 16.2. The molecule has 2 amide bonds. The highest BCUT2D eigenvalue weighted by Gasteiger charge is 2.32. The molecule has 1 aliphatic heterocycles. The van der Waals surface area contributed by atoms with Crippen LogP contribution in [0.4, 0.5) is 0 Å². The predicted octanol–water partition coefficient (Wildman–Crippen LogP) is 1.79. The molecule has 1 unspecified atom stereocenters. The van der Waals surface area contributed by atoms with Crippen LogP contribution in [-0.2, 0) is 22.6 Å². The van der Waals surface area contributed by atoms with Crippen LogP contribution in [0.1, 0.15) is 34.5 Å². The molecule has 2 N–H and O–H groups in total. The fraction of sp³-hybridized carbons (Fsp3) is 0.421. The molecule has 0 saturated carbocycles. The number of nitrogens with one attached hydrogen (secondary N) is 2. The van der Waals surface area contributed by atoms with E-state index < -0.39 is 6.04 Å². The standard InChI is InChI=1S/C19H24N4O2/c1-12-4-6-15(7-5-12)11-23-9-8-17(19(23)25)20-18(24)10-16-13(2)21-22-14(16)3/h4-7,17H,8-11H2,1-3H3,(H,20,24)(H,21,22). The zero-order chi connectivity index (χ0) is 18.0. The minimum absolute atomic E-state index is 0.00503. The number of aromatic amines is 1. The maximum Gasteiger partial charge on any atom is 0.245 e. The summed E-state index contributed by atoms with van der Waals surface area (Å²) in [5.74, 6) is -0.141. The molecule has 0 spiro atoms. The second-order valence-electron chi connectivity index (χ2n) is 6.74. The van der Waals surface area contributed by atoms with Gasteiger partial charge in [0.2, 0.25) is 11.8 Å². The molecule has 1 aliphatic rings. The second-order valence-corrected chi connectivity index (χ2v) is 6.74. The molecule has 132 valence electrons. The predicted molar refractivity (Wildman–Crippen MR) is 94.9 cm³/mol. The van der Waals surface area contributed by atoms with Gasteiger partial charge in [-0.25, -0.2) is 0 Å². The Morgan fingerprint density at radius 1 is 1.28 bits per heavy atom. The number of hydrogen-bond acceptors (Lipinski definition) is 3. The van der Waals surface area contributed by atoms with Gasteiger partial charge in [0, 0.05) is 24.3 Å². The number of carbonyl (C=O) groups is 2. The van der Waals surface area contributed by atoms with Gasteiger partial charge < -0.3 is 10.2 Å². The van der Waals surface area contributed by atoms with Crippen LogP contribution in [0, 0.1) is 20.8 Å². The molecule has 1 saturated heterocycles. The van der Waals surface area contributed by atoms with E-state index in [0.717, 1.165) is 22.5 Å². The first kappa shape index (κ1) is 17.2. The fourth-order valence-electron chi connectivity index (χ4n) is 3.18. The van der Waals surface area contributed by atoms with E-state index in [2.05, 4.69) is 15.5 Å². The number of aromatic nitrogens is 2. The van der Waals surface area contributed by atoms with Crippen molar-refractivity contribution in [3.63, 3.8) is 0 Å². The van der Waals surface area contributed by atoms with Gasteiger partial charge in [0.1, 0.15) is 6.04 Å². The minimum Gasteiger partial charge on any atom is -0.344 e. The van der Waals surface area contributed by atoms with E-state index in [4.69, 9.17) is 0 Å². The van der Waals surface area contributed by atoms with Gasteiger partial charge in [-0.05, 0) is 32.8 Å². The van der Waals surface area contributed by atoms with Crippen LogP contribution < -0.4 is 5.32 Å². The first-order chi connectivity index (χ1) is 11.9. The maximum atomic E-state index is 12.5. The first-order valence-electron chi connectivity index (χ1n) is 8.58. The fourth-order valence-corrected chi connectivity index (χ4v) is 3.18. The van der Waals surface area contributed by atoms with Crippen LogP contribution in [-0.4, -0.2) is 39.5 Å². The van der Waals surface area contributed by atoms with E-state index in [-0.39, 0.29) is 18.2 Å². The van der Waals surface area contributed by atoms with Gasteiger partial charge in [-0.2, -0.15) is 5.10 Å². The van der Waals surface area contributed by atoms with Crippen molar-refractivity contribution in [2.45, 2.75) is 46.2 Å². The minimum atomic E-state index is -0.425. The lowest BCUT2D eigenvalue weighted by Crippen LogP contribution is -2.42. The molecule has 2 heterocycles. The normalized spacial score (nSPS) is 17.2. The summed E-state index contributed by atoms with van der Waals surface area (Å²) in [6.07, 6.45) is 0.899. The van der Waals surface area contributed by atoms with Crippen LogP contribution >= 0.6 is 0 Å². The number of likely N-dealkylation sites (tertiary alicyclic amines) is 1. The van der Waals surface area contributed by atoms with Crippen molar-refractivity contribution in [2.75, 3.05) is 6.54 Å². The van der Waals surface area contributed by atoms with E-state index in [1.54, 1.807) is 0 Å². The third-order valence-electron chi connectivity index (χ3n) is 4.74. The molecule has 2 aromatic rings. The van der Waals surface area contributed by atoms with E-state index >= 15 is 0 Å². The molecule has 3 rings (SSSR count). The lowest BCUT2D eigenvalue weighted by Gasteiger charge is -2.17. The number of H-pyrrole nitrogens is 1. The van der Waals surface area contributed by atoms with Gasteiger partial charge in [0.15, 0.2) is 0 Å². The third kappa shape index (κ3) is 3.90. The van der Waals surface area contributed by atoms with E-state index in [1.807, 2.05) is 49.9 Å².